The largest absolute Gasteiger partial charge is 0.507 e. The number of carbonyl (C=O) groups is 1. The summed E-state index contributed by atoms with van der Waals surface area (Å²) in [6, 6.07) is 7.23. The maximum atomic E-state index is 11.8. The Kier molecular flexibility index (Phi) is 3.49. The van der Waals surface area contributed by atoms with Gasteiger partial charge in [0.05, 0.1) is 18.2 Å². The van der Waals surface area contributed by atoms with E-state index in [2.05, 4.69) is 9.88 Å². The molecular weight excluding hydrogens is 312 g/mol. The van der Waals surface area contributed by atoms with Crippen molar-refractivity contribution in [3.8, 4) is 17.0 Å². The highest BCUT2D eigenvalue weighted by Crippen LogP contribution is 2.53. The van der Waals surface area contributed by atoms with Crippen molar-refractivity contribution in [2.45, 2.75) is 6.92 Å². The number of carbonyl (C=O) groups excluding carboxylic acids is 1. The maximum Gasteiger partial charge on any atom is 0.309 e. The zero-order chi connectivity index (χ0) is 16.0. The number of aromatic hydroxyl groups is 1. The van der Waals surface area contributed by atoms with E-state index in [-0.39, 0.29) is 17.6 Å². The molecule has 5 nitrogen and oxygen atoms in total. The lowest BCUT2D eigenvalue weighted by atomic mass is 10.1. The maximum absolute atomic E-state index is 11.8. The number of nitrogens with zero attached hydrogens (tertiary/aromatic N) is 2. The van der Waals surface area contributed by atoms with Gasteiger partial charge in [-0.3, -0.25) is 4.79 Å². The Morgan fingerprint density at radius 1 is 1.39 bits per heavy atom. The lowest BCUT2D eigenvalue weighted by Gasteiger charge is -2.18. The highest BCUT2D eigenvalue weighted by molar-refractivity contribution is 7.14. The van der Waals surface area contributed by atoms with Gasteiger partial charge >= 0.3 is 5.97 Å². The third-order valence-corrected chi connectivity index (χ3v) is 5.60. The fourth-order valence-corrected chi connectivity index (χ4v) is 4.34. The van der Waals surface area contributed by atoms with Crippen molar-refractivity contribution >= 4 is 22.4 Å². The number of rotatable bonds is 4. The number of phenolic OH excluding ortho intramolecular Hbond substituents is 1. The number of aromatic nitrogens is 1. The van der Waals surface area contributed by atoms with E-state index in [1.165, 1.54) is 0 Å². The molecule has 1 aliphatic carbocycles. The molecule has 4 rings (SSSR count). The molecule has 2 atom stereocenters. The van der Waals surface area contributed by atoms with E-state index in [1.807, 2.05) is 24.4 Å². The molecule has 1 saturated heterocycles. The third kappa shape index (κ3) is 2.47. The highest BCUT2D eigenvalue weighted by atomic mass is 32.1. The normalized spacial score (nSPS) is 25.3. The van der Waals surface area contributed by atoms with Crippen LogP contribution in [-0.2, 0) is 9.53 Å². The molecule has 23 heavy (non-hydrogen) atoms. The molecule has 2 fully saturated rings. The van der Waals surface area contributed by atoms with E-state index in [4.69, 9.17) is 4.74 Å². The van der Waals surface area contributed by atoms with Crippen LogP contribution in [0.4, 0.5) is 5.13 Å². The Balaban J connectivity index is 1.45. The van der Waals surface area contributed by atoms with Gasteiger partial charge in [0.2, 0.25) is 0 Å². The van der Waals surface area contributed by atoms with Crippen LogP contribution >= 0.6 is 11.3 Å². The summed E-state index contributed by atoms with van der Waals surface area (Å²) >= 11 is 1.58. The molecule has 120 valence electrons. The Morgan fingerprint density at radius 2 is 2.13 bits per heavy atom. The number of para-hydroxylation sites is 1. The first-order valence-electron chi connectivity index (χ1n) is 7.84. The number of ether oxygens (including phenoxy) is 1. The van der Waals surface area contributed by atoms with Gasteiger partial charge in [0, 0.05) is 24.0 Å². The molecule has 2 aliphatic rings. The molecule has 1 aromatic heterocycles. The van der Waals surface area contributed by atoms with Crippen LogP contribution in [-0.4, -0.2) is 35.8 Å². The second-order valence-corrected chi connectivity index (χ2v) is 6.88. The number of phenols is 1. The SMILES string of the molecule is CCOC(=O)C1C2CN(c3nc(-c4ccccc4O)cs3)CC21. The third-order valence-electron chi connectivity index (χ3n) is 4.70. The Morgan fingerprint density at radius 3 is 2.83 bits per heavy atom. The molecule has 0 amide bonds. The minimum atomic E-state index is -0.0452. The minimum Gasteiger partial charge on any atom is -0.507 e. The van der Waals surface area contributed by atoms with Gasteiger partial charge < -0.3 is 14.7 Å². The molecule has 1 aromatic carbocycles. The quantitative estimate of drug-likeness (QED) is 0.874. The predicted molar refractivity (Wildman–Crippen MR) is 88.5 cm³/mol. The van der Waals surface area contributed by atoms with E-state index in [0.29, 0.717) is 18.4 Å². The summed E-state index contributed by atoms with van der Waals surface area (Å²) in [7, 11) is 0. The van der Waals surface area contributed by atoms with Crippen molar-refractivity contribution in [1.29, 1.82) is 0 Å². The monoisotopic (exact) mass is 330 g/mol. The van der Waals surface area contributed by atoms with Crippen molar-refractivity contribution in [2.24, 2.45) is 17.8 Å². The fourth-order valence-electron chi connectivity index (χ4n) is 3.49. The molecule has 2 unspecified atom stereocenters. The van der Waals surface area contributed by atoms with Crippen molar-refractivity contribution in [2.75, 3.05) is 24.6 Å². The van der Waals surface area contributed by atoms with Crippen LogP contribution in [0.25, 0.3) is 11.3 Å². The Labute approximate surface area is 138 Å². The van der Waals surface area contributed by atoms with Crippen LogP contribution < -0.4 is 4.90 Å². The predicted octanol–water partition coefficient (Wildman–Crippen LogP) is 2.76. The number of thiazole rings is 1. The number of esters is 1. The molecular formula is C17H18N2O3S. The molecule has 0 spiro atoms. The fraction of sp³-hybridized carbons (Fsp3) is 0.412. The summed E-state index contributed by atoms with van der Waals surface area (Å²) in [6.07, 6.45) is 0. The van der Waals surface area contributed by atoms with E-state index < -0.39 is 0 Å². The molecule has 2 heterocycles. The zero-order valence-electron chi connectivity index (χ0n) is 12.8. The molecule has 1 N–H and O–H groups in total. The summed E-state index contributed by atoms with van der Waals surface area (Å²) in [5.74, 6) is 1.11. The molecule has 0 bridgehead atoms. The number of piperidine rings is 1. The van der Waals surface area contributed by atoms with Gasteiger partial charge in [0.15, 0.2) is 5.13 Å². The summed E-state index contributed by atoms with van der Waals surface area (Å²) in [5.41, 5.74) is 1.55. The van der Waals surface area contributed by atoms with Crippen LogP contribution in [0, 0.1) is 17.8 Å². The van der Waals surface area contributed by atoms with E-state index in [0.717, 1.165) is 29.5 Å². The van der Waals surface area contributed by atoms with Crippen molar-refractivity contribution in [1.82, 2.24) is 4.98 Å². The summed E-state index contributed by atoms with van der Waals surface area (Å²) in [4.78, 5) is 18.7. The molecule has 6 heteroatoms. The summed E-state index contributed by atoms with van der Waals surface area (Å²) < 4.78 is 5.12. The van der Waals surface area contributed by atoms with Gasteiger partial charge in [-0.2, -0.15) is 0 Å². The molecule has 1 aliphatic heterocycles. The van der Waals surface area contributed by atoms with Crippen LogP contribution in [0.5, 0.6) is 5.75 Å². The van der Waals surface area contributed by atoms with Gasteiger partial charge in [0.1, 0.15) is 5.75 Å². The number of hydrogen-bond acceptors (Lipinski definition) is 6. The van der Waals surface area contributed by atoms with Crippen molar-refractivity contribution in [3.05, 3.63) is 29.6 Å². The average Bonchev–Trinajstić information content (AvgIpc) is 2.94. The van der Waals surface area contributed by atoms with Gasteiger partial charge in [-0.25, -0.2) is 4.98 Å². The zero-order valence-corrected chi connectivity index (χ0v) is 13.6. The average molecular weight is 330 g/mol. The first kappa shape index (κ1) is 14.5. The number of hydrogen-bond donors (Lipinski definition) is 1. The van der Waals surface area contributed by atoms with Gasteiger partial charge in [-0.1, -0.05) is 12.1 Å². The van der Waals surface area contributed by atoms with Crippen molar-refractivity contribution < 1.29 is 14.6 Å². The topological polar surface area (TPSA) is 62.7 Å². The minimum absolute atomic E-state index is 0.0452. The number of fused-ring (bicyclic) bond motifs is 1. The first-order chi connectivity index (χ1) is 11.2. The molecule has 2 aromatic rings. The molecule has 0 radical (unpaired) electrons. The van der Waals surface area contributed by atoms with Gasteiger partial charge in [-0.05, 0) is 30.9 Å². The lowest BCUT2D eigenvalue weighted by Crippen LogP contribution is -2.26. The first-order valence-corrected chi connectivity index (χ1v) is 8.72. The summed E-state index contributed by atoms with van der Waals surface area (Å²) in [5, 5.41) is 12.9. The van der Waals surface area contributed by atoms with E-state index in [1.54, 1.807) is 23.5 Å². The summed E-state index contributed by atoms with van der Waals surface area (Å²) in [6.45, 7) is 4.02. The highest BCUT2D eigenvalue weighted by Gasteiger charge is 2.60. The number of benzene rings is 1. The van der Waals surface area contributed by atoms with Crippen LogP contribution in [0.2, 0.25) is 0 Å². The van der Waals surface area contributed by atoms with Gasteiger partial charge in [0.25, 0.3) is 0 Å². The standard InChI is InChI=1S/C17H18N2O3S/c1-2-22-16(21)15-11-7-19(8-12(11)15)17-18-13(9-23-17)10-5-3-4-6-14(10)20/h3-6,9,11-12,15,20H,2,7-8H2,1H3. The lowest BCUT2D eigenvalue weighted by molar-refractivity contribution is -0.145. The van der Waals surface area contributed by atoms with Crippen LogP contribution in [0.15, 0.2) is 29.6 Å². The Bertz CT molecular complexity index is 733. The van der Waals surface area contributed by atoms with Gasteiger partial charge in [-0.15, -0.1) is 11.3 Å². The Hall–Kier alpha value is -2.08. The van der Waals surface area contributed by atoms with E-state index >= 15 is 0 Å². The van der Waals surface area contributed by atoms with Crippen molar-refractivity contribution in [3.63, 3.8) is 0 Å². The van der Waals surface area contributed by atoms with Crippen LogP contribution in [0.3, 0.4) is 0 Å². The van der Waals surface area contributed by atoms with E-state index in [9.17, 15) is 9.90 Å². The smallest absolute Gasteiger partial charge is 0.309 e. The number of anilines is 1. The van der Waals surface area contributed by atoms with Crippen LogP contribution in [0.1, 0.15) is 6.92 Å². The second kappa shape index (κ2) is 5.53. The second-order valence-electron chi connectivity index (χ2n) is 6.04. The molecule has 1 saturated carbocycles.